The summed E-state index contributed by atoms with van der Waals surface area (Å²) in [6, 6.07) is 6.02. The van der Waals surface area contributed by atoms with E-state index < -0.39 is 0 Å². The van der Waals surface area contributed by atoms with Gasteiger partial charge < -0.3 is 14.3 Å². The minimum atomic E-state index is -0.0473. The van der Waals surface area contributed by atoms with Crippen LogP contribution in [0.25, 0.3) is 0 Å². The standard InChI is InChI=1S/C23H30N4O2/c1-16-17(2)27(14-20-8-5-11-29-20)23(21(16)12-24)25-22(28)15-26-10-9-18-6-3-4-7-19(18)13-26/h5,8,11,18-19H,3-4,6-7,9-10,13-15H2,1-2H3,(H,25,28)/t18-,19+/m0/s1. The van der Waals surface area contributed by atoms with Crippen molar-refractivity contribution in [2.45, 2.75) is 52.5 Å². The van der Waals surface area contributed by atoms with Gasteiger partial charge in [-0.1, -0.05) is 19.3 Å². The number of nitriles is 1. The highest BCUT2D eigenvalue weighted by Gasteiger charge is 2.32. The zero-order valence-electron chi connectivity index (χ0n) is 17.4. The number of piperidine rings is 1. The molecule has 1 saturated carbocycles. The van der Waals surface area contributed by atoms with Crippen LogP contribution >= 0.6 is 0 Å². The number of amides is 1. The van der Waals surface area contributed by atoms with Crippen LogP contribution in [0.15, 0.2) is 22.8 Å². The number of likely N-dealkylation sites (tertiary alicyclic amines) is 1. The minimum absolute atomic E-state index is 0.0473. The SMILES string of the molecule is Cc1c(C#N)c(NC(=O)CN2CC[C@@H]3CCCC[C@@H]3C2)n(Cc2ccco2)c1C. The molecule has 2 atom stereocenters. The molecule has 6 heteroatoms. The van der Waals surface area contributed by atoms with Crippen molar-refractivity contribution in [3.63, 3.8) is 0 Å². The van der Waals surface area contributed by atoms with Crippen LogP contribution in [0.2, 0.25) is 0 Å². The van der Waals surface area contributed by atoms with Crippen LogP contribution in [0.1, 0.15) is 54.7 Å². The molecule has 4 rings (SSSR count). The molecule has 6 nitrogen and oxygen atoms in total. The second-order valence-corrected chi connectivity index (χ2v) is 8.59. The molecule has 0 radical (unpaired) electrons. The average Bonchev–Trinajstić information content (AvgIpc) is 3.31. The number of furan rings is 1. The summed E-state index contributed by atoms with van der Waals surface area (Å²) >= 11 is 0. The fourth-order valence-corrected chi connectivity index (χ4v) is 5.08. The molecule has 154 valence electrons. The molecule has 3 heterocycles. The zero-order chi connectivity index (χ0) is 20.4. The lowest BCUT2D eigenvalue weighted by Gasteiger charge is -2.41. The molecule has 0 unspecified atom stereocenters. The summed E-state index contributed by atoms with van der Waals surface area (Å²) in [5.41, 5.74) is 2.40. The van der Waals surface area contributed by atoms with Crippen LogP contribution in [0.4, 0.5) is 5.82 Å². The first-order valence-corrected chi connectivity index (χ1v) is 10.7. The van der Waals surface area contributed by atoms with Gasteiger partial charge in [-0.15, -0.1) is 0 Å². The molecule has 1 N–H and O–H groups in total. The number of carbonyl (C=O) groups excluding carboxylic acids is 1. The molecule has 29 heavy (non-hydrogen) atoms. The van der Waals surface area contributed by atoms with E-state index in [4.69, 9.17) is 4.42 Å². The number of hydrogen-bond acceptors (Lipinski definition) is 4. The number of rotatable bonds is 5. The highest BCUT2D eigenvalue weighted by Crippen LogP contribution is 2.36. The molecule has 2 fully saturated rings. The Balaban J connectivity index is 1.47. The molecule has 2 aromatic rings. The topological polar surface area (TPSA) is 74.2 Å². The molecule has 0 spiro atoms. The average molecular weight is 395 g/mol. The van der Waals surface area contributed by atoms with E-state index in [-0.39, 0.29) is 5.91 Å². The molecule has 0 aromatic carbocycles. The summed E-state index contributed by atoms with van der Waals surface area (Å²) in [7, 11) is 0. The lowest BCUT2D eigenvalue weighted by atomic mass is 9.75. The fraction of sp³-hybridized carbons (Fsp3) is 0.565. The second-order valence-electron chi connectivity index (χ2n) is 8.59. The van der Waals surface area contributed by atoms with Crippen molar-refractivity contribution >= 4 is 11.7 Å². The number of anilines is 1. The third-order valence-electron chi connectivity index (χ3n) is 6.84. The van der Waals surface area contributed by atoms with Crippen LogP contribution in [0.3, 0.4) is 0 Å². The first kappa shape index (κ1) is 19.8. The number of nitrogens with one attached hydrogen (secondary N) is 1. The number of fused-ring (bicyclic) bond motifs is 1. The third kappa shape index (κ3) is 4.11. The van der Waals surface area contributed by atoms with Gasteiger partial charge in [-0.05, 0) is 62.8 Å². The van der Waals surface area contributed by atoms with E-state index >= 15 is 0 Å². The molecule has 2 aromatic heterocycles. The lowest BCUT2D eigenvalue weighted by Crippen LogP contribution is -2.45. The zero-order valence-corrected chi connectivity index (χ0v) is 17.4. The number of carbonyl (C=O) groups is 1. The quantitative estimate of drug-likeness (QED) is 0.830. The molecule has 1 aliphatic heterocycles. The Morgan fingerprint density at radius 2 is 2.07 bits per heavy atom. The van der Waals surface area contributed by atoms with Crippen LogP contribution < -0.4 is 5.32 Å². The Labute approximate surface area is 172 Å². The Morgan fingerprint density at radius 3 is 2.79 bits per heavy atom. The van der Waals surface area contributed by atoms with Crippen molar-refractivity contribution in [1.29, 1.82) is 5.26 Å². The van der Waals surface area contributed by atoms with E-state index in [0.29, 0.717) is 24.5 Å². The summed E-state index contributed by atoms with van der Waals surface area (Å²) in [5.74, 6) is 2.92. The number of hydrogen-bond donors (Lipinski definition) is 1. The Morgan fingerprint density at radius 1 is 1.28 bits per heavy atom. The predicted octanol–water partition coefficient (Wildman–Crippen LogP) is 4.07. The molecular weight excluding hydrogens is 364 g/mol. The first-order chi connectivity index (χ1) is 14.1. The summed E-state index contributed by atoms with van der Waals surface area (Å²) < 4.78 is 7.45. The molecule has 0 bridgehead atoms. The van der Waals surface area contributed by atoms with E-state index in [0.717, 1.165) is 41.9 Å². The van der Waals surface area contributed by atoms with Gasteiger partial charge in [-0.3, -0.25) is 9.69 Å². The van der Waals surface area contributed by atoms with Gasteiger partial charge in [0.1, 0.15) is 17.6 Å². The van der Waals surface area contributed by atoms with E-state index in [9.17, 15) is 10.1 Å². The van der Waals surface area contributed by atoms with E-state index in [1.165, 1.54) is 32.1 Å². The van der Waals surface area contributed by atoms with Crippen LogP contribution in [0, 0.1) is 37.0 Å². The van der Waals surface area contributed by atoms with Crippen molar-refractivity contribution in [2.75, 3.05) is 25.0 Å². The summed E-state index contributed by atoms with van der Waals surface area (Å²) in [4.78, 5) is 15.2. The van der Waals surface area contributed by atoms with Gasteiger partial charge in [0.2, 0.25) is 5.91 Å². The fourth-order valence-electron chi connectivity index (χ4n) is 5.08. The van der Waals surface area contributed by atoms with Crippen molar-refractivity contribution in [3.8, 4) is 6.07 Å². The van der Waals surface area contributed by atoms with E-state index in [2.05, 4.69) is 16.3 Å². The normalized spacial score (nSPS) is 22.1. The Bertz CT molecular complexity index is 906. The molecular formula is C23H30N4O2. The van der Waals surface area contributed by atoms with Gasteiger partial charge >= 0.3 is 0 Å². The van der Waals surface area contributed by atoms with Crippen LogP contribution in [0.5, 0.6) is 0 Å². The van der Waals surface area contributed by atoms with Crippen LogP contribution in [-0.2, 0) is 11.3 Å². The Kier molecular flexibility index (Phi) is 5.77. The van der Waals surface area contributed by atoms with Crippen molar-refractivity contribution < 1.29 is 9.21 Å². The smallest absolute Gasteiger partial charge is 0.239 e. The molecule has 2 aliphatic rings. The van der Waals surface area contributed by atoms with Gasteiger partial charge in [0.05, 0.1) is 24.9 Å². The largest absolute Gasteiger partial charge is 0.467 e. The van der Waals surface area contributed by atoms with Gasteiger partial charge in [0.15, 0.2) is 0 Å². The van der Waals surface area contributed by atoms with Gasteiger partial charge in [0, 0.05) is 12.2 Å². The van der Waals surface area contributed by atoms with E-state index in [1.54, 1.807) is 6.26 Å². The van der Waals surface area contributed by atoms with Gasteiger partial charge in [-0.25, -0.2) is 0 Å². The summed E-state index contributed by atoms with van der Waals surface area (Å²) in [5, 5.41) is 12.7. The van der Waals surface area contributed by atoms with Crippen molar-refractivity contribution in [2.24, 2.45) is 11.8 Å². The maximum Gasteiger partial charge on any atom is 0.239 e. The Hall–Kier alpha value is -2.52. The third-order valence-corrected chi connectivity index (χ3v) is 6.84. The van der Waals surface area contributed by atoms with Crippen molar-refractivity contribution in [3.05, 3.63) is 41.0 Å². The highest BCUT2D eigenvalue weighted by molar-refractivity contribution is 5.93. The molecule has 1 aliphatic carbocycles. The number of nitrogens with zero attached hydrogens (tertiary/aromatic N) is 3. The van der Waals surface area contributed by atoms with Gasteiger partial charge in [-0.2, -0.15) is 5.26 Å². The number of aromatic nitrogens is 1. The van der Waals surface area contributed by atoms with E-state index in [1.807, 2.05) is 30.5 Å². The minimum Gasteiger partial charge on any atom is -0.467 e. The first-order valence-electron chi connectivity index (χ1n) is 10.7. The molecule has 1 amide bonds. The summed E-state index contributed by atoms with van der Waals surface area (Å²) in [6.45, 7) is 6.79. The van der Waals surface area contributed by atoms with Crippen molar-refractivity contribution in [1.82, 2.24) is 9.47 Å². The maximum absolute atomic E-state index is 12.9. The van der Waals surface area contributed by atoms with Crippen LogP contribution in [-0.4, -0.2) is 35.0 Å². The van der Waals surface area contributed by atoms with Gasteiger partial charge in [0.25, 0.3) is 0 Å². The maximum atomic E-state index is 12.9. The monoisotopic (exact) mass is 394 g/mol. The highest BCUT2D eigenvalue weighted by atomic mass is 16.3. The lowest BCUT2D eigenvalue weighted by molar-refractivity contribution is -0.118. The predicted molar refractivity (Wildman–Crippen MR) is 112 cm³/mol. The summed E-state index contributed by atoms with van der Waals surface area (Å²) in [6.07, 6.45) is 8.18. The second kappa shape index (κ2) is 8.46. The molecule has 1 saturated heterocycles.